The second kappa shape index (κ2) is 27.0. The highest BCUT2D eigenvalue weighted by Gasteiger charge is 2.50. The number of carbonyl (C=O) groups excluding carboxylic acids is 4. The molecule has 4 amide bonds. The van der Waals surface area contributed by atoms with Crippen molar-refractivity contribution in [2.75, 3.05) is 37.6 Å². The predicted octanol–water partition coefficient (Wildman–Crippen LogP) is 4.10. The lowest BCUT2D eigenvalue weighted by atomic mass is 9.94. The van der Waals surface area contributed by atoms with Crippen molar-refractivity contribution >= 4 is 104 Å². The standard InChI is InChI=1S/C28H30ClN7O6.C15H16ClNO2.C13H15IN6O4/c29-16-4-8-18(9-5-16)41-28(40)35-12-10-15(11-13-35)2-1-3-19-33-24(30)20-25(34-19)36(14-31-20)27-22(38)21(37)23(42-27)26(39)32-17-6-7-17;1-2-3-12-8-10-17(11-9-12)15(18)19-14-6-4-13(16)5-7-14;14-13-18-9(15)5-10(19-13)20(3-16-5)12-7(22)6(21)8(24-12)11(23)17-4-1-2-4/h4-5,8-9,14-15,17,21-23,27,37-38H,2,6-7,10-13H2,(H,32,39)(H2,30,33,34);1,4-7,12H,3,8-11H2;3-4,6-8,12,21-22H,1-2H2,(H,17,23)(H2,15,18,19)/t21-,22?,23+,27-;;6-,7?,8+,12-/m1.1/s1. The molecule has 12 rings (SSSR count). The fourth-order valence-corrected chi connectivity index (χ4v) is 10.7. The third kappa shape index (κ3) is 14.9. The summed E-state index contributed by atoms with van der Waals surface area (Å²) in [5.74, 6) is 10.1. The summed E-state index contributed by atoms with van der Waals surface area (Å²) in [6.45, 7) is 2.53. The number of piperidine rings is 2. The number of rotatable bonds is 10. The van der Waals surface area contributed by atoms with Gasteiger partial charge in [0.25, 0.3) is 11.8 Å². The summed E-state index contributed by atoms with van der Waals surface area (Å²) in [6, 6.07) is 13.6. The minimum absolute atomic E-state index is 0.0800. The summed E-state index contributed by atoms with van der Waals surface area (Å²) >= 11 is 13.6. The Hall–Kier alpha value is -7.19. The van der Waals surface area contributed by atoms with E-state index in [4.69, 9.17) is 60.0 Å². The van der Waals surface area contributed by atoms with Crippen molar-refractivity contribution in [3.8, 4) is 35.7 Å². The first-order chi connectivity index (χ1) is 40.9. The van der Waals surface area contributed by atoms with E-state index in [2.05, 4.69) is 58.3 Å². The molecule has 29 heteroatoms. The SMILES string of the molecule is C#CCC1CCN(C(=O)Oc2ccc(Cl)cc2)CC1.Nc1nc(C#CCC2CCN(C(=O)Oc3ccc(Cl)cc3)CC2)nc2c1ncn2[C@@H]1O[C@H](C(=O)NC2CC2)[C@H](O)C1O.Nc1nc(I)nc2c1ncn2[C@@H]1O[C@H](C(=O)NC2CC2)[C@H](O)C1O. The molecule has 2 aliphatic carbocycles. The average Bonchev–Trinajstić information content (AvgIpc) is 2.29. The van der Waals surface area contributed by atoms with E-state index in [0.29, 0.717) is 75.1 Å². The molecule has 4 saturated heterocycles. The predicted molar refractivity (Wildman–Crippen MR) is 315 cm³/mol. The van der Waals surface area contributed by atoms with E-state index >= 15 is 0 Å². The lowest BCUT2D eigenvalue weighted by Crippen LogP contribution is -2.43. The van der Waals surface area contributed by atoms with Crippen LogP contribution in [0.4, 0.5) is 21.2 Å². The number of aromatic nitrogens is 8. The molecule has 8 atom stereocenters. The minimum Gasteiger partial charge on any atom is -0.410 e. The van der Waals surface area contributed by atoms with Gasteiger partial charge >= 0.3 is 12.2 Å². The maximum Gasteiger partial charge on any atom is 0.415 e. The summed E-state index contributed by atoms with van der Waals surface area (Å²) in [5, 5.41) is 48.4. The molecular weight excluding hydrogens is 1260 g/mol. The molecule has 0 spiro atoms. The third-order valence-electron chi connectivity index (χ3n) is 15.0. The summed E-state index contributed by atoms with van der Waals surface area (Å²) in [5.41, 5.74) is 13.2. The van der Waals surface area contributed by atoms with Gasteiger partial charge in [-0.2, -0.15) is 0 Å². The number of nitrogens with zero attached hydrogens (tertiary/aromatic N) is 10. The topological polar surface area (TPSA) is 356 Å². The minimum atomic E-state index is -1.42. The Labute approximate surface area is 510 Å². The van der Waals surface area contributed by atoms with Crippen LogP contribution in [0.3, 0.4) is 0 Å². The van der Waals surface area contributed by atoms with E-state index in [0.717, 1.165) is 57.8 Å². The molecule has 26 nitrogen and oxygen atoms in total. The van der Waals surface area contributed by atoms with Crippen LogP contribution in [0.5, 0.6) is 11.5 Å². The number of nitrogens with two attached hydrogens (primary N) is 2. The molecule has 2 aromatic carbocycles. The Morgan fingerprint density at radius 2 is 1.05 bits per heavy atom. The molecule has 4 aliphatic heterocycles. The Morgan fingerprint density at radius 1 is 0.624 bits per heavy atom. The number of benzene rings is 2. The lowest BCUT2D eigenvalue weighted by molar-refractivity contribution is -0.138. The van der Waals surface area contributed by atoms with Crippen LogP contribution in [0.15, 0.2) is 61.2 Å². The van der Waals surface area contributed by atoms with E-state index in [9.17, 15) is 39.6 Å². The van der Waals surface area contributed by atoms with Crippen molar-refractivity contribution in [2.24, 2.45) is 11.8 Å². The van der Waals surface area contributed by atoms with Crippen molar-refractivity contribution in [3.05, 3.63) is 80.9 Å². The number of nitrogen functional groups attached to an aromatic ring is 2. The molecule has 8 heterocycles. The van der Waals surface area contributed by atoms with E-state index in [1.807, 2.05) is 22.6 Å². The molecule has 448 valence electrons. The first-order valence-electron chi connectivity index (χ1n) is 27.6. The van der Waals surface area contributed by atoms with Crippen LogP contribution >= 0.6 is 45.8 Å². The van der Waals surface area contributed by atoms with Gasteiger partial charge in [0.15, 0.2) is 51.4 Å². The Kier molecular flexibility index (Phi) is 19.4. The van der Waals surface area contributed by atoms with E-state index in [1.165, 1.54) is 21.8 Å². The highest BCUT2D eigenvalue weighted by atomic mass is 127. The number of imidazole rings is 2. The number of carbonyl (C=O) groups is 4. The van der Waals surface area contributed by atoms with Crippen LogP contribution < -0.4 is 31.6 Å². The fourth-order valence-electron chi connectivity index (χ4n) is 9.93. The number of ether oxygens (including phenoxy) is 4. The van der Waals surface area contributed by atoms with Gasteiger partial charge in [-0.3, -0.25) is 18.7 Å². The fraction of sp³-hybridized carbons (Fsp3) is 0.464. The number of likely N-dealkylation sites (tertiary alicyclic amines) is 2. The zero-order valence-electron chi connectivity index (χ0n) is 45.5. The van der Waals surface area contributed by atoms with Crippen molar-refractivity contribution in [1.29, 1.82) is 0 Å². The Morgan fingerprint density at radius 3 is 1.48 bits per heavy atom. The van der Waals surface area contributed by atoms with Crippen molar-refractivity contribution < 1.29 is 58.6 Å². The molecule has 6 fully saturated rings. The molecule has 0 bridgehead atoms. The molecule has 6 aliphatic rings. The zero-order valence-corrected chi connectivity index (χ0v) is 49.2. The number of terminal acetylenes is 1. The molecule has 2 unspecified atom stereocenters. The largest absolute Gasteiger partial charge is 0.415 e. The zero-order chi connectivity index (χ0) is 60.1. The number of hydrogen-bond acceptors (Lipinski definition) is 20. The molecular formula is C56H61Cl2IN14O12. The normalized spacial score (nSPS) is 24.0. The van der Waals surface area contributed by atoms with E-state index in [-0.39, 0.29) is 52.7 Å². The monoisotopic (exact) mass is 1320 g/mol. The van der Waals surface area contributed by atoms with Crippen LogP contribution in [0.2, 0.25) is 10.0 Å². The summed E-state index contributed by atoms with van der Waals surface area (Å²) < 4.78 is 25.4. The van der Waals surface area contributed by atoms with Gasteiger partial charge < -0.3 is 71.3 Å². The number of aliphatic hydroxyl groups is 4. The van der Waals surface area contributed by atoms with Crippen molar-refractivity contribution in [1.82, 2.24) is 59.5 Å². The number of amides is 4. The number of aliphatic hydroxyl groups excluding tert-OH is 4. The van der Waals surface area contributed by atoms with Gasteiger partial charge in [-0.25, -0.2) is 39.5 Å². The van der Waals surface area contributed by atoms with E-state index in [1.54, 1.807) is 58.3 Å². The molecule has 85 heavy (non-hydrogen) atoms. The third-order valence-corrected chi connectivity index (χ3v) is 16.0. The molecule has 6 aromatic rings. The van der Waals surface area contributed by atoms with Crippen molar-refractivity contribution in [3.63, 3.8) is 0 Å². The Bertz CT molecular complexity index is 3500. The van der Waals surface area contributed by atoms with Gasteiger partial charge in [-0.1, -0.05) is 29.1 Å². The smallest absolute Gasteiger partial charge is 0.410 e. The van der Waals surface area contributed by atoms with Crippen molar-refractivity contribution in [2.45, 2.75) is 125 Å². The quantitative estimate of drug-likeness (QED) is 0.0544. The Balaban J connectivity index is 0.000000157. The average molecular weight is 1320 g/mol. The molecule has 0 radical (unpaired) electrons. The maximum atomic E-state index is 12.5. The van der Waals surface area contributed by atoms with Gasteiger partial charge in [0.2, 0.25) is 5.82 Å². The number of halogens is 3. The number of anilines is 2. The lowest BCUT2D eigenvalue weighted by Gasteiger charge is -2.30. The summed E-state index contributed by atoms with van der Waals surface area (Å²) in [6.07, 6.45) is 5.84. The molecule has 4 aromatic heterocycles. The summed E-state index contributed by atoms with van der Waals surface area (Å²) in [4.78, 5) is 77.8. The maximum absolute atomic E-state index is 12.5. The molecule has 2 saturated carbocycles. The van der Waals surface area contributed by atoms with Gasteiger partial charge in [-0.15, -0.1) is 12.3 Å². The second-order valence-electron chi connectivity index (χ2n) is 21.3. The van der Waals surface area contributed by atoms with Gasteiger partial charge in [0.05, 0.1) is 12.7 Å². The second-order valence-corrected chi connectivity index (χ2v) is 23.1. The van der Waals surface area contributed by atoms with Crippen LogP contribution in [0.1, 0.15) is 82.5 Å². The van der Waals surface area contributed by atoms with Crippen LogP contribution in [-0.2, 0) is 19.1 Å². The highest BCUT2D eigenvalue weighted by molar-refractivity contribution is 14.1. The highest BCUT2D eigenvalue weighted by Crippen LogP contribution is 2.35. The number of hydrogen-bond donors (Lipinski definition) is 8. The number of nitrogens with one attached hydrogen (secondary N) is 2. The number of fused-ring (bicyclic) bond motifs is 2. The van der Waals surface area contributed by atoms with E-state index < -0.39 is 67.0 Å². The molecule has 10 N–H and O–H groups in total. The van der Waals surface area contributed by atoms with Gasteiger partial charge in [0, 0.05) is 83.7 Å². The van der Waals surface area contributed by atoms with Crippen LogP contribution in [0.25, 0.3) is 22.3 Å². The van der Waals surface area contributed by atoms with Gasteiger partial charge in [-0.05, 0) is 118 Å². The summed E-state index contributed by atoms with van der Waals surface area (Å²) in [7, 11) is 0. The first-order valence-corrected chi connectivity index (χ1v) is 29.4. The van der Waals surface area contributed by atoms with Crippen LogP contribution in [0, 0.1) is 39.9 Å². The first kappa shape index (κ1) is 60.9. The van der Waals surface area contributed by atoms with Gasteiger partial charge in [0.1, 0.15) is 46.9 Å². The van der Waals surface area contributed by atoms with Crippen LogP contribution in [-0.4, -0.2) is 168 Å².